The first-order valence-electron chi connectivity index (χ1n) is 8.64. The van der Waals surface area contributed by atoms with Crippen molar-refractivity contribution in [3.63, 3.8) is 0 Å². The Morgan fingerprint density at radius 1 is 1.12 bits per heavy atom. The maximum Gasteiger partial charge on any atom is 0.256 e. The minimum atomic E-state index is -0.290. The van der Waals surface area contributed by atoms with Crippen LogP contribution >= 0.6 is 11.6 Å². The van der Waals surface area contributed by atoms with Crippen LogP contribution in [0.3, 0.4) is 0 Å². The van der Waals surface area contributed by atoms with Crippen molar-refractivity contribution in [2.24, 2.45) is 5.92 Å². The van der Waals surface area contributed by atoms with Crippen molar-refractivity contribution in [2.75, 3.05) is 13.1 Å². The molecule has 0 aliphatic rings. The number of hydrogen-bond acceptors (Lipinski definition) is 3. The molecular formula is C19H25ClN4O2. The van der Waals surface area contributed by atoms with Gasteiger partial charge in [0.05, 0.1) is 17.8 Å². The summed E-state index contributed by atoms with van der Waals surface area (Å²) in [5.41, 5.74) is 3.18. The van der Waals surface area contributed by atoms with E-state index in [1.165, 1.54) is 5.56 Å². The topological polar surface area (TPSA) is 76.0 Å². The molecule has 2 rings (SSSR count). The Morgan fingerprint density at radius 2 is 1.73 bits per heavy atom. The number of carbonyl (C=O) groups excluding carboxylic acids is 2. The number of amides is 2. The molecule has 0 aliphatic carbocycles. The van der Waals surface area contributed by atoms with Gasteiger partial charge < -0.3 is 10.6 Å². The van der Waals surface area contributed by atoms with E-state index in [0.29, 0.717) is 36.0 Å². The van der Waals surface area contributed by atoms with Crippen molar-refractivity contribution in [1.82, 2.24) is 20.4 Å². The van der Waals surface area contributed by atoms with Gasteiger partial charge in [-0.2, -0.15) is 5.10 Å². The lowest BCUT2D eigenvalue weighted by Crippen LogP contribution is -2.36. The van der Waals surface area contributed by atoms with Gasteiger partial charge in [0.25, 0.3) is 5.91 Å². The Balaban J connectivity index is 1.98. The number of halogens is 1. The van der Waals surface area contributed by atoms with Crippen molar-refractivity contribution >= 4 is 23.4 Å². The maximum absolute atomic E-state index is 12.4. The van der Waals surface area contributed by atoms with Gasteiger partial charge in [0.1, 0.15) is 5.15 Å². The minimum Gasteiger partial charge on any atom is -0.354 e. The summed E-state index contributed by atoms with van der Waals surface area (Å²) in [5.74, 6) is -0.414. The highest BCUT2D eigenvalue weighted by atomic mass is 35.5. The van der Waals surface area contributed by atoms with Gasteiger partial charge in [0.15, 0.2) is 0 Å². The zero-order chi connectivity index (χ0) is 19.3. The molecule has 1 heterocycles. The zero-order valence-electron chi connectivity index (χ0n) is 15.6. The van der Waals surface area contributed by atoms with E-state index in [2.05, 4.69) is 15.7 Å². The van der Waals surface area contributed by atoms with Gasteiger partial charge in [-0.15, -0.1) is 0 Å². The van der Waals surface area contributed by atoms with E-state index in [1.54, 1.807) is 11.6 Å². The smallest absolute Gasteiger partial charge is 0.256 e. The van der Waals surface area contributed by atoms with Crippen LogP contribution in [0, 0.1) is 19.8 Å². The normalized spacial score (nSPS) is 10.8. The highest BCUT2D eigenvalue weighted by molar-refractivity contribution is 6.33. The van der Waals surface area contributed by atoms with Crippen LogP contribution in [0.4, 0.5) is 0 Å². The summed E-state index contributed by atoms with van der Waals surface area (Å²) in [7, 11) is 0. The molecule has 1 aromatic carbocycles. The lowest BCUT2D eigenvalue weighted by atomic mass is 10.1. The van der Waals surface area contributed by atoms with Crippen molar-refractivity contribution in [3.05, 3.63) is 51.8 Å². The Hall–Kier alpha value is -2.34. The number of aryl methyl sites for hydroxylation is 2. The van der Waals surface area contributed by atoms with Gasteiger partial charge in [0, 0.05) is 19.0 Å². The molecular weight excluding hydrogens is 352 g/mol. The Bertz CT molecular complexity index is 782. The van der Waals surface area contributed by atoms with Crippen LogP contribution in [-0.4, -0.2) is 34.7 Å². The fourth-order valence-electron chi connectivity index (χ4n) is 2.44. The quantitative estimate of drug-likeness (QED) is 0.729. The molecule has 26 heavy (non-hydrogen) atoms. The third-order valence-corrected chi connectivity index (χ3v) is 4.36. The summed E-state index contributed by atoms with van der Waals surface area (Å²) >= 11 is 6.38. The SMILES string of the molecule is Cc1ccc(Cn2nc(C)c(C(=O)NCCNC(=O)C(C)C)c2Cl)cc1. The fraction of sp³-hybridized carbons (Fsp3) is 0.421. The highest BCUT2D eigenvalue weighted by Crippen LogP contribution is 2.21. The largest absolute Gasteiger partial charge is 0.354 e. The average Bonchev–Trinajstić information content (AvgIpc) is 2.87. The van der Waals surface area contributed by atoms with Crippen molar-refractivity contribution in [1.29, 1.82) is 0 Å². The molecule has 0 spiro atoms. The number of nitrogens with one attached hydrogen (secondary N) is 2. The molecule has 0 fully saturated rings. The second kappa shape index (κ2) is 8.85. The van der Waals surface area contributed by atoms with Gasteiger partial charge in [0.2, 0.25) is 5.91 Å². The molecule has 2 N–H and O–H groups in total. The first kappa shape index (κ1) is 20.0. The van der Waals surface area contributed by atoms with Crippen LogP contribution in [0.25, 0.3) is 0 Å². The molecule has 0 saturated heterocycles. The second-order valence-electron chi connectivity index (χ2n) is 6.60. The summed E-state index contributed by atoms with van der Waals surface area (Å²) in [6.07, 6.45) is 0. The van der Waals surface area contributed by atoms with Crippen LogP contribution < -0.4 is 10.6 Å². The standard InChI is InChI=1S/C19H25ClN4O2/c1-12(2)18(25)21-9-10-22-19(26)16-14(4)23-24(17(16)20)11-15-7-5-13(3)6-8-15/h5-8,12H,9-11H2,1-4H3,(H,21,25)(H,22,26). The molecule has 0 aliphatic heterocycles. The van der Waals surface area contributed by atoms with E-state index in [9.17, 15) is 9.59 Å². The molecule has 2 aromatic rings. The third kappa shape index (κ3) is 5.08. The minimum absolute atomic E-state index is 0.0422. The molecule has 0 saturated carbocycles. The van der Waals surface area contributed by atoms with Crippen LogP contribution in [0.1, 0.15) is 41.0 Å². The van der Waals surface area contributed by atoms with E-state index in [0.717, 1.165) is 5.56 Å². The number of nitrogens with zero attached hydrogens (tertiary/aromatic N) is 2. The predicted molar refractivity (Wildman–Crippen MR) is 102 cm³/mol. The Morgan fingerprint density at radius 3 is 2.35 bits per heavy atom. The summed E-state index contributed by atoms with van der Waals surface area (Å²) in [4.78, 5) is 23.9. The Kier molecular flexibility index (Phi) is 6.80. The van der Waals surface area contributed by atoms with Crippen molar-refractivity contribution in [3.8, 4) is 0 Å². The van der Waals surface area contributed by atoms with E-state index in [4.69, 9.17) is 11.6 Å². The van der Waals surface area contributed by atoms with Gasteiger partial charge in [-0.3, -0.25) is 9.59 Å². The number of carbonyl (C=O) groups is 2. The van der Waals surface area contributed by atoms with Gasteiger partial charge in [-0.1, -0.05) is 55.3 Å². The molecule has 6 nitrogen and oxygen atoms in total. The number of aromatic nitrogens is 2. The maximum atomic E-state index is 12.4. The van der Waals surface area contributed by atoms with Gasteiger partial charge in [-0.25, -0.2) is 4.68 Å². The molecule has 1 aromatic heterocycles. The molecule has 2 amide bonds. The number of rotatable bonds is 7. The van der Waals surface area contributed by atoms with Gasteiger partial charge >= 0.3 is 0 Å². The van der Waals surface area contributed by atoms with E-state index in [1.807, 2.05) is 45.0 Å². The lowest BCUT2D eigenvalue weighted by molar-refractivity contribution is -0.123. The summed E-state index contributed by atoms with van der Waals surface area (Å²) in [6.45, 7) is 8.62. The van der Waals surface area contributed by atoms with Crippen LogP contribution in [0.15, 0.2) is 24.3 Å². The van der Waals surface area contributed by atoms with Crippen molar-refractivity contribution in [2.45, 2.75) is 34.2 Å². The Labute approximate surface area is 158 Å². The molecule has 0 unspecified atom stereocenters. The highest BCUT2D eigenvalue weighted by Gasteiger charge is 2.20. The molecule has 0 radical (unpaired) electrons. The van der Waals surface area contributed by atoms with Crippen LogP contribution in [-0.2, 0) is 11.3 Å². The van der Waals surface area contributed by atoms with E-state index >= 15 is 0 Å². The van der Waals surface area contributed by atoms with Crippen molar-refractivity contribution < 1.29 is 9.59 Å². The average molecular weight is 377 g/mol. The van der Waals surface area contributed by atoms with E-state index < -0.39 is 0 Å². The third-order valence-electron chi connectivity index (χ3n) is 3.98. The fourth-order valence-corrected chi connectivity index (χ4v) is 2.76. The van der Waals surface area contributed by atoms with Gasteiger partial charge in [-0.05, 0) is 19.4 Å². The molecule has 0 bridgehead atoms. The first-order valence-corrected chi connectivity index (χ1v) is 9.01. The molecule has 7 heteroatoms. The summed E-state index contributed by atoms with van der Waals surface area (Å²) in [5, 5.41) is 10.2. The van der Waals surface area contributed by atoms with Crippen LogP contribution in [0.5, 0.6) is 0 Å². The zero-order valence-corrected chi connectivity index (χ0v) is 16.4. The monoisotopic (exact) mass is 376 g/mol. The summed E-state index contributed by atoms with van der Waals surface area (Å²) < 4.78 is 1.62. The number of benzene rings is 1. The molecule has 0 atom stereocenters. The number of hydrogen-bond donors (Lipinski definition) is 2. The lowest BCUT2D eigenvalue weighted by Gasteiger charge is -2.09. The first-order chi connectivity index (χ1) is 12.3. The predicted octanol–water partition coefficient (Wildman–Crippen LogP) is 2.70. The van der Waals surface area contributed by atoms with E-state index in [-0.39, 0.29) is 17.7 Å². The second-order valence-corrected chi connectivity index (χ2v) is 6.95. The van der Waals surface area contributed by atoms with Crippen LogP contribution in [0.2, 0.25) is 5.15 Å². The summed E-state index contributed by atoms with van der Waals surface area (Å²) in [6, 6.07) is 8.08. The molecule has 140 valence electrons.